The summed E-state index contributed by atoms with van der Waals surface area (Å²) in [5, 5.41) is 2.93. The number of nitrogens with zero attached hydrogens (tertiary/aromatic N) is 2. The van der Waals surface area contributed by atoms with Crippen LogP contribution >= 0.6 is 24.8 Å². The van der Waals surface area contributed by atoms with Gasteiger partial charge in [-0.2, -0.15) is 0 Å². The number of amides is 2. The second-order valence-corrected chi connectivity index (χ2v) is 8.97. The van der Waals surface area contributed by atoms with E-state index in [1.54, 1.807) is 6.07 Å². The standard InChI is InChI=1S/C22H32N4O2.2ClH/c1-14-5-2-9-19(24-14)25-21(27)17-8-4-10-26(13-17)22(28)18-11-15-6-3-7-16(12-18)20(15)23;;/h2,5,9,15-18,20H,3-4,6-8,10-13,23H2,1H3,(H,24,25,27);2*1H. The molecule has 4 rings (SSSR count). The van der Waals surface area contributed by atoms with E-state index in [-0.39, 0.29) is 54.5 Å². The summed E-state index contributed by atoms with van der Waals surface area (Å²) in [4.78, 5) is 32.2. The predicted molar refractivity (Wildman–Crippen MR) is 123 cm³/mol. The number of halogens is 2. The molecule has 0 radical (unpaired) electrons. The van der Waals surface area contributed by atoms with E-state index in [1.807, 2.05) is 24.0 Å². The highest BCUT2D eigenvalue weighted by Crippen LogP contribution is 2.42. The van der Waals surface area contributed by atoms with Gasteiger partial charge in [-0.15, -0.1) is 24.8 Å². The minimum absolute atomic E-state index is 0. The van der Waals surface area contributed by atoms with E-state index < -0.39 is 0 Å². The average Bonchev–Trinajstić information content (AvgIpc) is 2.67. The molecule has 6 nitrogen and oxygen atoms in total. The van der Waals surface area contributed by atoms with E-state index in [0.29, 0.717) is 24.2 Å². The van der Waals surface area contributed by atoms with Crippen LogP contribution in [0, 0.1) is 30.6 Å². The summed E-state index contributed by atoms with van der Waals surface area (Å²) in [5.41, 5.74) is 7.26. The normalized spacial score (nSPS) is 30.5. The lowest BCUT2D eigenvalue weighted by atomic mass is 9.65. The molecular formula is C22H34Cl2N4O2. The second kappa shape index (κ2) is 10.8. The van der Waals surface area contributed by atoms with Crippen molar-refractivity contribution in [1.82, 2.24) is 9.88 Å². The molecule has 30 heavy (non-hydrogen) atoms. The van der Waals surface area contributed by atoms with Crippen LogP contribution in [0.25, 0.3) is 0 Å². The number of hydrogen-bond acceptors (Lipinski definition) is 4. The van der Waals surface area contributed by atoms with Crippen molar-refractivity contribution in [3.8, 4) is 0 Å². The Balaban J connectivity index is 0.00000160. The van der Waals surface area contributed by atoms with E-state index >= 15 is 0 Å². The summed E-state index contributed by atoms with van der Waals surface area (Å²) >= 11 is 0. The van der Waals surface area contributed by atoms with Crippen molar-refractivity contribution in [3.05, 3.63) is 23.9 Å². The summed E-state index contributed by atoms with van der Waals surface area (Å²) in [6, 6.07) is 5.88. The van der Waals surface area contributed by atoms with Crippen molar-refractivity contribution in [1.29, 1.82) is 0 Å². The van der Waals surface area contributed by atoms with Gasteiger partial charge in [0.25, 0.3) is 0 Å². The van der Waals surface area contributed by atoms with Crippen molar-refractivity contribution >= 4 is 42.4 Å². The Morgan fingerprint density at radius 3 is 2.43 bits per heavy atom. The number of nitrogens with one attached hydrogen (secondary N) is 1. The van der Waals surface area contributed by atoms with Gasteiger partial charge in [0.2, 0.25) is 11.8 Å². The SMILES string of the molecule is Cc1cccc(NC(=O)C2CCCN(C(=O)C3CC4CCCC(C3)C4N)C2)n1.Cl.Cl. The summed E-state index contributed by atoms with van der Waals surface area (Å²) in [6.07, 6.45) is 7.13. The van der Waals surface area contributed by atoms with Gasteiger partial charge in [-0.25, -0.2) is 4.98 Å². The number of aryl methyl sites for hydroxylation is 1. The van der Waals surface area contributed by atoms with Crippen LogP contribution in [-0.4, -0.2) is 40.8 Å². The number of nitrogens with two attached hydrogens (primary N) is 1. The maximum Gasteiger partial charge on any atom is 0.230 e. The van der Waals surface area contributed by atoms with Crippen molar-refractivity contribution in [2.45, 2.75) is 57.9 Å². The van der Waals surface area contributed by atoms with Crippen LogP contribution in [0.15, 0.2) is 18.2 Å². The molecule has 3 fully saturated rings. The Morgan fingerprint density at radius 1 is 1.07 bits per heavy atom. The molecule has 3 N–H and O–H groups in total. The first-order valence-corrected chi connectivity index (χ1v) is 10.8. The van der Waals surface area contributed by atoms with Gasteiger partial charge in [-0.05, 0) is 69.4 Å². The highest BCUT2D eigenvalue weighted by molar-refractivity contribution is 5.92. The third-order valence-corrected chi connectivity index (χ3v) is 7.01. The number of hydrogen-bond donors (Lipinski definition) is 2. The van der Waals surface area contributed by atoms with Crippen LogP contribution < -0.4 is 11.1 Å². The summed E-state index contributed by atoms with van der Waals surface area (Å²) in [6.45, 7) is 3.19. The zero-order valence-electron chi connectivity index (χ0n) is 17.6. The topological polar surface area (TPSA) is 88.3 Å². The number of carbonyl (C=O) groups is 2. The molecule has 8 heteroatoms. The van der Waals surface area contributed by atoms with Gasteiger partial charge < -0.3 is 16.0 Å². The predicted octanol–water partition coefficient (Wildman–Crippen LogP) is 3.56. The molecule has 2 heterocycles. The Labute approximate surface area is 191 Å². The first-order chi connectivity index (χ1) is 13.5. The van der Waals surface area contributed by atoms with E-state index in [1.165, 1.54) is 6.42 Å². The fourth-order valence-electron chi connectivity index (χ4n) is 5.48. The second-order valence-electron chi connectivity index (χ2n) is 8.97. The third-order valence-electron chi connectivity index (χ3n) is 7.01. The number of rotatable bonds is 3. The maximum absolute atomic E-state index is 13.2. The summed E-state index contributed by atoms with van der Waals surface area (Å²) in [7, 11) is 0. The minimum Gasteiger partial charge on any atom is -0.342 e. The lowest BCUT2D eigenvalue weighted by Gasteiger charge is -2.45. The van der Waals surface area contributed by atoms with Gasteiger partial charge in [0.1, 0.15) is 5.82 Å². The van der Waals surface area contributed by atoms with Crippen molar-refractivity contribution in [2.24, 2.45) is 29.4 Å². The van der Waals surface area contributed by atoms with Gasteiger partial charge in [0.15, 0.2) is 0 Å². The molecular weight excluding hydrogens is 423 g/mol. The molecule has 168 valence electrons. The van der Waals surface area contributed by atoms with Crippen molar-refractivity contribution < 1.29 is 9.59 Å². The minimum atomic E-state index is -0.162. The quantitative estimate of drug-likeness (QED) is 0.727. The van der Waals surface area contributed by atoms with Gasteiger partial charge in [-0.3, -0.25) is 9.59 Å². The molecule has 2 bridgehead atoms. The molecule has 3 unspecified atom stereocenters. The van der Waals surface area contributed by atoms with Crippen LogP contribution in [0.1, 0.15) is 50.6 Å². The lowest BCUT2D eigenvalue weighted by molar-refractivity contribution is -0.141. The van der Waals surface area contributed by atoms with E-state index in [2.05, 4.69) is 10.3 Å². The zero-order chi connectivity index (χ0) is 19.7. The Kier molecular flexibility index (Phi) is 8.95. The number of carbonyl (C=O) groups excluding carboxylic acids is 2. The molecule has 2 saturated carbocycles. The van der Waals surface area contributed by atoms with Crippen LogP contribution in [0.2, 0.25) is 0 Å². The summed E-state index contributed by atoms with van der Waals surface area (Å²) < 4.78 is 0. The first-order valence-electron chi connectivity index (χ1n) is 10.8. The molecule has 1 aromatic rings. The van der Waals surface area contributed by atoms with Crippen molar-refractivity contribution in [2.75, 3.05) is 18.4 Å². The molecule has 3 aliphatic rings. The Morgan fingerprint density at radius 2 is 1.77 bits per heavy atom. The monoisotopic (exact) mass is 456 g/mol. The molecule has 1 aromatic heterocycles. The van der Waals surface area contributed by atoms with Crippen LogP contribution in [0.5, 0.6) is 0 Å². The third kappa shape index (κ3) is 5.45. The Hall–Kier alpha value is -1.37. The van der Waals surface area contributed by atoms with Gasteiger partial charge >= 0.3 is 0 Å². The zero-order valence-corrected chi connectivity index (χ0v) is 19.2. The lowest BCUT2D eigenvalue weighted by Crippen LogP contribution is -2.51. The van der Waals surface area contributed by atoms with Crippen LogP contribution in [-0.2, 0) is 9.59 Å². The van der Waals surface area contributed by atoms with Crippen LogP contribution in [0.4, 0.5) is 5.82 Å². The highest BCUT2D eigenvalue weighted by atomic mass is 35.5. The molecule has 0 spiro atoms. The van der Waals surface area contributed by atoms with E-state index in [0.717, 1.165) is 50.8 Å². The Bertz CT molecular complexity index is 734. The molecule has 1 saturated heterocycles. The summed E-state index contributed by atoms with van der Waals surface area (Å²) in [5.74, 6) is 1.73. The number of aromatic nitrogens is 1. The number of piperidine rings is 1. The largest absolute Gasteiger partial charge is 0.342 e. The fourth-order valence-corrected chi connectivity index (χ4v) is 5.48. The van der Waals surface area contributed by atoms with Gasteiger partial charge in [0, 0.05) is 30.7 Å². The molecule has 0 aromatic carbocycles. The number of likely N-dealkylation sites (tertiary alicyclic amines) is 1. The molecule has 3 atom stereocenters. The van der Waals surface area contributed by atoms with Crippen molar-refractivity contribution in [3.63, 3.8) is 0 Å². The number of pyridine rings is 1. The number of anilines is 1. The van der Waals surface area contributed by atoms with Gasteiger partial charge in [-0.1, -0.05) is 12.5 Å². The molecule has 2 amide bonds. The fraction of sp³-hybridized carbons (Fsp3) is 0.682. The van der Waals surface area contributed by atoms with E-state index in [9.17, 15) is 9.59 Å². The number of fused-ring (bicyclic) bond motifs is 2. The average molecular weight is 457 g/mol. The molecule has 2 aliphatic carbocycles. The van der Waals surface area contributed by atoms with Crippen LogP contribution in [0.3, 0.4) is 0 Å². The maximum atomic E-state index is 13.2. The molecule has 1 aliphatic heterocycles. The smallest absolute Gasteiger partial charge is 0.230 e. The first kappa shape index (κ1) is 24.9. The van der Waals surface area contributed by atoms with E-state index in [4.69, 9.17) is 5.73 Å². The van der Waals surface area contributed by atoms with Gasteiger partial charge in [0.05, 0.1) is 5.92 Å². The highest BCUT2D eigenvalue weighted by Gasteiger charge is 2.42.